The van der Waals surface area contributed by atoms with Gasteiger partial charge in [0.1, 0.15) is 38.1 Å². The molecule has 6 aliphatic carbocycles. The molecule has 12 rings (SSSR count). The van der Waals surface area contributed by atoms with Gasteiger partial charge in [-0.3, -0.25) is 48.0 Å². The predicted molar refractivity (Wildman–Crippen MR) is 409 cm³/mol. The van der Waals surface area contributed by atoms with E-state index in [1.807, 2.05) is 27.7 Å². The zero-order valence-electron chi connectivity index (χ0n) is 66.4. The number of carbonyl (C=O) groups excluding carboxylic acids is 6. The number of aromatic amines is 2. The molecule has 618 valence electrons. The summed E-state index contributed by atoms with van der Waals surface area (Å²) in [5.41, 5.74) is 5.61. The summed E-state index contributed by atoms with van der Waals surface area (Å²) in [5, 5.41) is 29.7. The fraction of sp³-hybridized carbons (Fsp3) is 0.636. The minimum absolute atomic E-state index is 0.000654. The lowest BCUT2D eigenvalue weighted by Gasteiger charge is -2.28. The van der Waals surface area contributed by atoms with Crippen molar-refractivity contribution >= 4 is 53.7 Å². The molecule has 36 heteroatoms. The van der Waals surface area contributed by atoms with Gasteiger partial charge < -0.3 is 67.7 Å². The lowest BCUT2D eigenvalue weighted by Crippen LogP contribution is -2.35. The molecule has 113 heavy (non-hydrogen) atoms. The highest BCUT2D eigenvalue weighted by atomic mass is 35.5. The van der Waals surface area contributed by atoms with E-state index in [0.717, 1.165) is 122 Å². The first kappa shape index (κ1) is 86.8. The number of hydroxylamine groups is 1. The average molecular weight is 1600 g/mol. The number of rotatable bonds is 23. The second-order valence-corrected chi connectivity index (χ2v) is 30.6. The van der Waals surface area contributed by atoms with Crippen molar-refractivity contribution < 1.29 is 81.8 Å². The molecule has 4 amide bonds. The van der Waals surface area contributed by atoms with Crippen LogP contribution in [0.4, 0.5) is 14.4 Å². The zero-order chi connectivity index (χ0) is 81.6. The molecular weight excluding hydrogens is 1490 g/mol. The van der Waals surface area contributed by atoms with E-state index in [1.165, 1.54) is 24.8 Å². The van der Waals surface area contributed by atoms with Gasteiger partial charge in [0.2, 0.25) is 5.91 Å². The SMILES string of the molecule is CC(=O)NO.CC(C)OC(=O)[C@H]1CCC[C@H](Oc2ncc(-c3cnn(C)c3COC(=O)N(C)C3CCCC3)[nH]c2=O)C1.CC(C)OC(=O)[C@H]1CCC[C@H](Oc2ncc(-c3cnn(C)c3COC(=O)N(C)C3CCCC3)nc2Cl)C1.CN(C(=O)OCc1c(-c2cnc(O[C@H]3CCC[C@H](C(=O)O)C3)c(=O)[nH]2)cnn1C)C1CCCC1. The topological polar surface area (TPSA) is 426 Å². The number of halogens is 1. The molecule has 6 saturated carbocycles. The fourth-order valence-electron chi connectivity index (χ4n) is 14.9. The van der Waals surface area contributed by atoms with Crippen molar-refractivity contribution in [1.82, 2.24) is 79.4 Å². The molecular formula is C77H109ClN16O19. The molecule has 0 aliphatic heterocycles. The van der Waals surface area contributed by atoms with Crippen LogP contribution in [0.5, 0.6) is 17.6 Å². The second kappa shape index (κ2) is 41.5. The van der Waals surface area contributed by atoms with Crippen LogP contribution in [0, 0.1) is 17.8 Å². The maximum Gasteiger partial charge on any atom is 0.410 e. The molecule has 6 aromatic heterocycles. The van der Waals surface area contributed by atoms with Crippen LogP contribution in [0.25, 0.3) is 33.8 Å². The highest BCUT2D eigenvalue weighted by Crippen LogP contribution is 2.35. The summed E-state index contributed by atoms with van der Waals surface area (Å²) in [5.74, 6) is -2.50. The Kier molecular flexibility index (Phi) is 31.9. The largest absolute Gasteiger partial charge is 0.481 e. The highest BCUT2D eigenvalue weighted by Gasteiger charge is 2.35. The Balaban J connectivity index is 0.000000189. The standard InChI is InChI=1S/C26H36ClN5O5.C26H37N5O6.C23H31N5O6.C2H5NO2/c1-16(2)36-25(33)17-8-7-11-19(12-17)37-24-23(27)30-21(14-28-24)20-13-29-32(4)22(20)15-35-26(34)31(3)18-9-5-6-10-18;1-16(2)36-25(33)17-8-7-11-19(12-17)37-24-23(32)29-21(14-27-24)20-13-28-31(4)22(20)15-35-26(34)30(3)18-9-5-6-10-18;1-27(15-7-3-4-8-15)23(32)33-13-19-17(11-25-28(19)2)18-12-24-21(20(29)26-18)34-16-9-5-6-14(10-16)22(30)31;1-2(4)3-5/h13-14,16-19H,5-12,15H2,1-4H3;13-14,16-19H,5-12,15H2,1-4H3,(H,29,32);11-12,14-16H,3-10,13H2,1-2H3,(H,26,29)(H,30,31);5H,1H3,(H,3,4)/t2*17-,19-;14-,16-;/m000./s1. The molecule has 6 heterocycles. The Hall–Kier alpha value is -10.2. The Morgan fingerprint density at radius 3 is 1.16 bits per heavy atom. The number of esters is 2. The molecule has 5 N–H and O–H groups in total. The van der Waals surface area contributed by atoms with Crippen LogP contribution >= 0.6 is 11.6 Å². The number of hydrogen-bond donors (Lipinski definition) is 5. The Morgan fingerprint density at radius 1 is 0.496 bits per heavy atom. The maximum absolute atomic E-state index is 12.8. The van der Waals surface area contributed by atoms with Gasteiger partial charge in [-0.15, -0.1) is 0 Å². The zero-order valence-corrected chi connectivity index (χ0v) is 67.2. The Bertz CT molecular complexity index is 4310. The number of ether oxygens (including phenoxy) is 8. The van der Waals surface area contributed by atoms with E-state index in [-0.39, 0.29) is 133 Å². The summed E-state index contributed by atoms with van der Waals surface area (Å²) in [4.78, 5) is 136. The third kappa shape index (κ3) is 24.4. The van der Waals surface area contributed by atoms with Crippen LogP contribution in [0.2, 0.25) is 5.15 Å². The van der Waals surface area contributed by atoms with Crippen molar-refractivity contribution in [3.05, 3.63) is 80.1 Å². The molecule has 6 aromatic rings. The third-order valence-electron chi connectivity index (χ3n) is 21.3. The van der Waals surface area contributed by atoms with Gasteiger partial charge in [0.15, 0.2) is 5.15 Å². The molecule has 0 spiro atoms. The summed E-state index contributed by atoms with van der Waals surface area (Å²) in [6, 6.07) is 0.657. The summed E-state index contributed by atoms with van der Waals surface area (Å²) in [7, 11) is 10.6. The molecule has 0 aromatic carbocycles. The number of H-pyrrole nitrogens is 2. The maximum atomic E-state index is 12.8. The summed E-state index contributed by atoms with van der Waals surface area (Å²) in [6.07, 6.45) is 28.0. The predicted octanol–water partition coefficient (Wildman–Crippen LogP) is 10.7. The van der Waals surface area contributed by atoms with E-state index in [0.29, 0.717) is 83.0 Å². The average Bonchev–Trinajstić information content (AvgIpc) is 1.75. The van der Waals surface area contributed by atoms with E-state index >= 15 is 0 Å². The number of aryl methyl sites for hydroxylation is 3. The molecule has 6 fully saturated rings. The van der Waals surface area contributed by atoms with Crippen molar-refractivity contribution in [1.29, 1.82) is 0 Å². The van der Waals surface area contributed by atoms with Crippen molar-refractivity contribution in [2.24, 2.45) is 38.9 Å². The van der Waals surface area contributed by atoms with Crippen LogP contribution in [-0.4, -0.2) is 196 Å². The number of nitrogens with one attached hydrogen (secondary N) is 3. The summed E-state index contributed by atoms with van der Waals surface area (Å²) >= 11 is 6.46. The van der Waals surface area contributed by atoms with E-state index in [4.69, 9.17) is 54.7 Å². The number of aliphatic carboxylic acids is 1. The van der Waals surface area contributed by atoms with Crippen LogP contribution in [0.15, 0.2) is 46.8 Å². The van der Waals surface area contributed by atoms with Gasteiger partial charge in [-0.2, -0.15) is 15.3 Å². The normalized spacial score (nSPS) is 19.7. The van der Waals surface area contributed by atoms with Gasteiger partial charge in [0.05, 0.1) is 101 Å². The molecule has 0 bridgehead atoms. The Labute approximate surface area is 660 Å². The van der Waals surface area contributed by atoms with Crippen molar-refractivity contribution in [3.8, 4) is 51.4 Å². The number of carbonyl (C=O) groups is 7. The van der Waals surface area contributed by atoms with Gasteiger partial charge >= 0.3 is 47.3 Å². The van der Waals surface area contributed by atoms with Crippen molar-refractivity contribution in [3.63, 3.8) is 0 Å². The van der Waals surface area contributed by atoms with E-state index in [2.05, 4.69) is 45.2 Å². The molecule has 0 saturated heterocycles. The van der Waals surface area contributed by atoms with Gasteiger partial charge in [0, 0.05) is 84.0 Å². The van der Waals surface area contributed by atoms with Gasteiger partial charge in [0.25, 0.3) is 17.6 Å². The molecule has 6 aliphatic rings. The fourth-order valence-corrected chi connectivity index (χ4v) is 15.1. The number of carboxylic acid groups (broad SMARTS) is 1. The minimum Gasteiger partial charge on any atom is -0.481 e. The first-order chi connectivity index (χ1) is 54.0. The van der Waals surface area contributed by atoms with Gasteiger partial charge in [-0.1, -0.05) is 50.1 Å². The molecule has 6 atom stereocenters. The first-order valence-electron chi connectivity index (χ1n) is 39.0. The first-order valence-corrected chi connectivity index (χ1v) is 39.4. The van der Waals surface area contributed by atoms with E-state index in [9.17, 15) is 48.3 Å². The van der Waals surface area contributed by atoms with Gasteiger partial charge in [-0.05, 0) is 143 Å². The number of carboxylic acids is 1. The summed E-state index contributed by atoms with van der Waals surface area (Å²) < 4.78 is 49.9. The monoisotopic (exact) mass is 1600 g/mol. The number of nitrogens with zero attached hydrogens (tertiary/aromatic N) is 13. The van der Waals surface area contributed by atoms with E-state index < -0.39 is 28.9 Å². The number of hydrogen-bond acceptors (Lipinski definition) is 25. The van der Waals surface area contributed by atoms with Crippen LogP contribution in [0.1, 0.15) is 206 Å². The van der Waals surface area contributed by atoms with Crippen molar-refractivity contribution in [2.45, 2.75) is 257 Å². The van der Waals surface area contributed by atoms with Crippen LogP contribution in [-0.2, 0) is 83.8 Å². The lowest BCUT2D eigenvalue weighted by molar-refractivity contribution is -0.155. The van der Waals surface area contributed by atoms with Crippen molar-refractivity contribution in [2.75, 3.05) is 21.1 Å². The number of aromatic nitrogens is 12. The van der Waals surface area contributed by atoms with Gasteiger partial charge in [-0.25, -0.2) is 39.8 Å². The van der Waals surface area contributed by atoms with E-state index in [1.54, 1.807) is 95.8 Å². The number of amides is 4. The third-order valence-corrected chi connectivity index (χ3v) is 21.6. The Morgan fingerprint density at radius 2 is 0.823 bits per heavy atom. The highest BCUT2D eigenvalue weighted by molar-refractivity contribution is 6.30. The van der Waals surface area contributed by atoms with Crippen LogP contribution < -0.4 is 30.8 Å². The lowest BCUT2D eigenvalue weighted by atomic mass is 9.87. The second-order valence-electron chi connectivity index (χ2n) is 30.2. The quantitative estimate of drug-likeness (QED) is 0.0172. The molecule has 35 nitrogen and oxygen atoms in total. The smallest absolute Gasteiger partial charge is 0.410 e. The minimum atomic E-state index is -0.843. The summed E-state index contributed by atoms with van der Waals surface area (Å²) in [6.45, 7) is 8.63. The molecule has 0 radical (unpaired) electrons. The molecule has 0 unspecified atom stereocenters. The van der Waals surface area contributed by atoms with Crippen LogP contribution in [0.3, 0.4) is 0 Å².